The van der Waals surface area contributed by atoms with Crippen molar-refractivity contribution < 1.29 is 19.1 Å². The van der Waals surface area contributed by atoms with Crippen LogP contribution in [-0.2, 0) is 20.7 Å². The molecule has 0 amide bonds. The molecule has 0 saturated heterocycles. The third-order valence-corrected chi connectivity index (χ3v) is 6.06. The predicted molar refractivity (Wildman–Crippen MR) is 100 cm³/mol. The van der Waals surface area contributed by atoms with Crippen molar-refractivity contribution in [2.24, 2.45) is 0 Å². The van der Waals surface area contributed by atoms with Gasteiger partial charge in [-0.15, -0.1) is 0 Å². The Morgan fingerprint density at radius 3 is 2.19 bits per heavy atom. The number of carbonyl (C=O) groups is 2. The first-order valence-electron chi connectivity index (χ1n) is 9.95. The number of ketones is 2. The number of rotatable bonds is 1. The standard InChI is InChI=1S/C23H24O4/c1-23(2)12-14-11-13(9-10-17(14)27-23)20-21-15(24)5-3-7-18(21)26-19-8-4-6-16(25)22(19)20/h9-11,20H,3-8,12H2,1-2H3. The number of fused-ring (bicyclic) bond motifs is 1. The Labute approximate surface area is 159 Å². The first-order chi connectivity index (χ1) is 12.9. The topological polar surface area (TPSA) is 52.6 Å². The average Bonchev–Trinajstić information content (AvgIpc) is 2.93. The van der Waals surface area contributed by atoms with Gasteiger partial charge < -0.3 is 9.47 Å². The van der Waals surface area contributed by atoms with Gasteiger partial charge in [0, 0.05) is 49.2 Å². The van der Waals surface area contributed by atoms with Gasteiger partial charge in [0.2, 0.25) is 0 Å². The maximum atomic E-state index is 12.8. The Morgan fingerprint density at radius 2 is 1.56 bits per heavy atom. The molecular weight excluding hydrogens is 340 g/mol. The minimum atomic E-state index is -0.279. The quantitative estimate of drug-likeness (QED) is 0.735. The number of hydrogen-bond donors (Lipinski definition) is 0. The van der Waals surface area contributed by atoms with E-state index in [1.54, 1.807) is 0 Å². The molecule has 0 fully saturated rings. The molecule has 4 heteroatoms. The fourth-order valence-corrected chi connectivity index (χ4v) is 4.96. The molecule has 0 spiro atoms. The second kappa shape index (κ2) is 5.82. The monoisotopic (exact) mass is 364 g/mol. The van der Waals surface area contributed by atoms with Crippen molar-refractivity contribution in [3.63, 3.8) is 0 Å². The van der Waals surface area contributed by atoms with Crippen LogP contribution in [0.25, 0.3) is 0 Å². The summed E-state index contributed by atoms with van der Waals surface area (Å²) < 4.78 is 12.1. The van der Waals surface area contributed by atoms with E-state index in [1.807, 2.05) is 12.1 Å². The van der Waals surface area contributed by atoms with Crippen molar-refractivity contribution >= 4 is 11.6 Å². The van der Waals surface area contributed by atoms with Crippen LogP contribution in [-0.4, -0.2) is 17.2 Å². The molecule has 0 radical (unpaired) electrons. The van der Waals surface area contributed by atoms with Gasteiger partial charge in [0.05, 0.1) is 0 Å². The molecule has 0 bridgehead atoms. The number of allylic oxidation sites excluding steroid dienone is 4. The summed E-state index contributed by atoms with van der Waals surface area (Å²) in [4.78, 5) is 25.7. The first-order valence-corrected chi connectivity index (χ1v) is 9.95. The molecule has 2 heterocycles. The smallest absolute Gasteiger partial charge is 0.163 e. The van der Waals surface area contributed by atoms with Crippen molar-refractivity contribution in [3.05, 3.63) is 52.0 Å². The minimum Gasteiger partial charge on any atom is -0.487 e. The maximum Gasteiger partial charge on any atom is 0.163 e. The van der Waals surface area contributed by atoms with Crippen molar-refractivity contribution in [1.82, 2.24) is 0 Å². The van der Waals surface area contributed by atoms with Crippen LogP contribution in [0.15, 0.2) is 40.9 Å². The highest BCUT2D eigenvalue weighted by Gasteiger charge is 2.42. The van der Waals surface area contributed by atoms with Gasteiger partial charge in [-0.05, 0) is 43.9 Å². The van der Waals surface area contributed by atoms with E-state index in [4.69, 9.17) is 9.47 Å². The lowest BCUT2D eigenvalue weighted by atomic mass is 9.73. The van der Waals surface area contributed by atoms with Gasteiger partial charge in [-0.2, -0.15) is 0 Å². The van der Waals surface area contributed by atoms with E-state index >= 15 is 0 Å². The third kappa shape index (κ3) is 2.65. The summed E-state index contributed by atoms with van der Waals surface area (Å²) in [7, 11) is 0. The molecule has 4 nitrogen and oxygen atoms in total. The molecule has 0 unspecified atom stereocenters. The zero-order valence-electron chi connectivity index (χ0n) is 15.9. The molecule has 2 aliphatic carbocycles. The molecule has 0 saturated carbocycles. The molecule has 0 aromatic heterocycles. The van der Waals surface area contributed by atoms with E-state index in [2.05, 4.69) is 19.9 Å². The van der Waals surface area contributed by atoms with Gasteiger partial charge in [0.15, 0.2) is 11.6 Å². The van der Waals surface area contributed by atoms with Crippen molar-refractivity contribution in [3.8, 4) is 5.75 Å². The van der Waals surface area contributed by atoms with Crippen LogP contribution in [0, 0.1) is 0 Å². The van der Waals surface area contributed by atoms with Gasteiger partial charge >= 0.3 is 0 Å². The molecule has 5 rings (SSSR count). The van der Waals surface area contributed by atoms with Crippen LogP contribution < -0.4 is 4.74 Å². The number of ether oxygens (including phenoxy) is 2. The summed E-state index contributed by atoms with van der Waals surface area (Å²) in [6.45, 7) is 4.16. The van der Waals surface area contributed by atoms with E-state index in [0.29, 0.717) is 24.0 Å². The second-order valence-corrected chi connectivity index (χ2v) is 8.67. The van der Waals surface area contributed by atoms with Crippen molar-refractivity contribution in [2.45, 2.75) is 70.3 Å². The Kier molecular flexibility index (Phi) is 3.62. The Hall–Kier alpha value is -2.36. The van der Waals surface area contributed by atoms with Gasteiger partial charge in [-0.3, -0.25) is 9.59 Å². The van der Waals surface area contributed by atoms with Gasteiger partial charge in [0.25, 0.3) is 0 Å². The van der Waals surface area contributed by atoms with Gasteiger partial charge in [-0.25, -0.2) is 0 Å². The zero-order valence-corrected chi connectivity index (χ0v) is 15.9. The van der Waals surface area contributed by atoms with Crippen LogP contribution in [0.5, 0.6) is 5.75 Å². The predicted octanol–water partition coefficient (Wildman–Crippen LogP) is 4.53. The molecule has 0 N–H and O–H groups in total. The summed E-state index contributed by atoms with van der Waals surface area (Å²) in [5.74, 6) is 2.47. The summed E-state index contributed by atoms with van der Waals surface area (Å²) in [6, 6.07) is 6.16. The Balaban J connectivity index is 1.66. The summed E-state index contributed by atoms with van der Waals surface area (Å²) in [5, 5.41) is 0. The largest absolute Gasteiger partial charge is 0.487 e. The molecule has 1 aromatic carbocycles. The van der Waals surface area contributed by atoms with E-state index in [1.165, 1.54) is 0 Å². The van der Waals surface area contributed by atoms with E-state index in [0.717, 1.165) is 60.5 Å². The Bertz CT molecular complexity index is 890. The minimum absolute atomic E-state index is 0.128. The molecular formula is C23H24O4. The van der Waals surface area contributed by atoms with Crippen molar-refractivity contribution in [1.29, 1.82) is 0 Å². The first kappa shape index (κ1) is 16.8. The molecule has 4 aliphatic rings. The molecule has 2 aliphatic heterocycles. The SMILES string of the molecule is CC1(C)Cc2cc(C3C4=C(CCCC4=O)OC4=C3C(=O)CCC4)ccc2O1. The fraction of sp³-hybridized carbons (Fsp3) is 0.478. The third-order valence-electron chi connectivity index (χ3n) is 6.06. The van der Waals surface area contributed by atoms with E-state index in [-0.39, 0.29) is 23.1 Å². The highest BCUT2D eigenvalue weighted by molar-refractivity contribution is 6.05. The normalized spacial score (nSPS) is 24.2. The van der Waals surface area contributed by atoms with Crippen LogP contribution in [0.4, 0.5) is 0 Å². The molecule has 27 heavy (non-hydrogen) atoms. The lowest BCUT2D eigenvalue weighted by Crippen LogP contribution is -2.30. The van der Waals surface area contributed by atoms with Gasteiger partial charge in [0.1, 0.15) is 22.9 Å². The van der Waals surface area contributed by atoms with Crippen LogP contribution in [0.2, 0.25) is 0 Å². The van der Waals surface area contributed by atoms with E-state index < -0.39 is 0 Å². The average molecular weight is 364 g/mol. The van der Waals surface area contributed by atoms with Crippen LogP contribution in [0.3, 0.4) is 0 Å². The zero-order chi connectivity index (χ0) is 18.8. The number of benzene rings is 1. The number of hydrogen-bond acceptors (Lipinski definition) is 4. The summed E-state index contributed by atoms with van der Waals surface area (Å²) in [6.07, 6.45) is 5.12. The van der Waals surface area contributed by atoms with Gasteiger partial charge in [-0.1, -0.05) is 12.1 Å². The number of Topliss-reactive ketones (excluding diaryl/α,β-unsaturated/α-hetero) is 2. The molecule has 1 aromatic rings. The fourth-order valence-electron chi connectivity index (χ4n) is 4.96. The Morgan fingerprint density at radius 1 is 0.926 bits per heavy atom. The molecule has 0 atom stereocenters. The highest BCUT2D eigenvalue weighted by atomic mass is 16.5. The summed E-state index contributed by atoms with van der Waals surface area (Å²) >= 11 is 0. The summed E-state index contributed by atoms with van der Waals surface area (Å²) in [5.41, 5.74) is 3.39. The highest BCUT2D eigenvalue weighted by Crippen LogP contribution is 2.48. The lowest BCUT2D eigenvalue weighted by molar-refractivity contribution is -0.117. The van der Waals surface area contributed by atoms with Crippen molar-refractivity contribution in [2.75, 3.05) is 0 Å². The number of carbonyl (C=O) groups excluding carboxylic acids is 2. The lowest BCUT2D eigenvalue weighted by Gasteiger charge is -2.36. The maximum absolute atomic E-state index is 12.8. The molecule has 140 valence electrons. The van der Waals surface area contributed by atoms with E-state index in [9.17, 15) is 9.59 Å². The second-order valence-electron chi connectivity index (χ2n) is 8.67. The van der Waals surface area contributed by atoms with Crippen LogP contribution >= 0.6 is 0 Å². The van der Waals surface area contributed by atoms with Crippen LogP contribution in [0.1, 0.15) is 69.4 Å².